The minimum Gasteiger partial charge on any atom is -0.351 e. The van der Waals surface area contributed by atoms with Gasteiger partial charge < -0.3 is 15.2 Å². The van der Waals surface area contributed by atoms with Gasteiger partial charge in [-0.15, -0.1) is 0 Å². The number of fused-ring (bicyclic) bond motifs is 1. The molecule has 0 aliphatic carbocycles. The van der Waals surface area contributed by atoms with Crippen LogP contribution in [0.2, 0.25) is 0 Å². The quantitative estimate of drug-likeness (QED) is 0.859. The van der Waals surface area contributed by atoms with Crippen LogP contribution in [0.5, 0.6) is 0 Å². The van der Waals surface area contributed by atoms with E-state index < -0.39 is 0 Å². The molecular weight excluding hydrogens is 238 g/mol. The van der Waals surface area contributed by atoms with Crippen molar-refractivity contribution < 1.29 is 4.79 Å². The number of nitrogens with zero attached hydrogens (tertiary/aromatic N) is 1. The molecule has 1 saturated heterocycles. The second kappa shape index (κ2) is 5.05. The van der Waals surface area contributed by atoms with Crippen molar-refractivity contribution >= 4 is 16.8 Å². The Labute approximate surface area is 112 Å². The number of benzene rings is 1. The summed E-state index contributed by atoms with van der Waals surface area (Å²) in [7, 11) is 2.01. The Kier molecular flexibility index (Phi) is 3.25. The topological polar surface area (TPSA) is 46.1 Å². The highest BCUT2D eigenvalue weighted by Crippen LogP contribution is 2.17. The molecular formula is C15H19N3O. The molecule has 1 fully saturated rings. The second-order valence-corrected chi connectivity index (χ2v) is 5.22. The van der Waals surface area contributed by atoms with Crippen molar-refractivity contribution in [2.45, 2.75) is 18.9 Å². The molecule has 1 aromatic heterocycles. The van der Waals surface area contributed by atoms with Crippen molar-refractivity contribution in [3.8, 4) is 0 Å². The first-order chi connectivity index (χ1) is 9.24. The zero-order chi connectivity index (χ0) is 13.2. The summed E-state index contributed by atoms with van der Waals surface area (Å²) in [6.45, 7) is 1.93. The molecule has 4 heteroatoms. The van der Waals surface area contributed by atoms with Gasteiger partial charge >= 0.3 is 0 Å². The third kappa shape index (κ3) is 2.49. The van der Waals surface area contributed by atoms with Crippen LogP contribution >= 0.6 is 0 Å². The SMILES string of the molecule is Cn1ccc2cc(C(=O)NC3CCCNC3)ccc21. The molecule has 2 aromatic rings. The molecule has 1 unspecified atom stereocenters. The van der Waals surface area contributed by atoms with E-state index in [1.807, 2.05) is 37.5 Å². The number of carbonyl (C=O) groups excluding carboxylic acids is 1. The molecule has 0 bridgehead atoms. The molecule has 2 heterocycles. The lowest BCUT2D eigenvalue weighted by molar-refractivity contribution is 0.0931. The van der Waals surface area contributed by atoms with E-state index >= 15 is 0 Å². The zero-order valence-electron chi connectivity index (χ0n) is 11.1. The Balaban J connectivity index is 1.77. The lowest BCUT2D eigenvalue weighted by Gasteiger charge is -2.23. The van der Waals surface area contributed by atoms with Crippen LogP contribution in [0.4, 0.5) is 0 Å². The number of nitrogens with one attached hydrogen (secondary N) is 2. The van der Waals surface area contributed by atoms with Crippen LogP contribution in [0, 0.1) is 0 Å². The summed E-state index contributed by atoms with van der Waals surface area (Å²) < 4.78 is 2.06. The molecule has 1 atom stereocenters. The summed E-state index contributed by atoms with van der Waals surface area (Å²) in [5.74, 6) is 0.0273. The first-order valence-corrected chi connectivity index (χ1v) is 6.81. The van der Waals surface area contributed by atoms with Gasteiger partial charge in [-0.1, -0.05) is 0 Å². The van der Waals surface area contributed by atoms with Crippen LogP contribution in [0.25, 0.3) is 10.9 Å². The number of rotatable bonds is 2. The fourth-order valence-corrected chi connectivity index (χ4v) is 2.67. The second-order valence-electron chi connectivity index (χ2n) is 5.22. The molecule has 2 N–H and O–H groups in total. The molecule has 1 aliphatic rings. The van der Waals surface area contributed by atoms with Gasteiger partial charge in [-0.05, 0) is 43.7 Å². The maximum absolute atomic E-state index is 12.2. The zero-order valence-corrected chi connectivity index (χ0v) is 11.1. The maximum atomic E-state index is 12.2. The number of hydrogen-bond donors (Lipinski definition) is 2. The smallest absolute Gasteiger partial charge is 0.251 e. The lowest BCUT2D eigenvalue weighted by Crippen LogP contribution is -2.45. The summed E-state index contributed by atoms with van der Waals surface area (Å²) in [4.78, 5) is 12.2. The Morgan fingerprint density at radius 1 is 1.42 bits per heavy atom. The standard InChI is InChI=1S/C15H19N3O/c1-18-8-6-11-9-12(4-5-14(11)18)15(19)17-13-3-2-7-16-10-13/h4-6,8-9,13,16H,2-3,7,10H2,1H3,(H,17,19). The van der Waals surface area contributed by atoms with Gasteiger partial charge in [0.25, 0.3) is 5.91 Å². The highest BCUT2D eigenvalue weighted by molar-refractivity contribution is 5.98. The van der Waals surface area contributed by atoms with Crippen molar-refractivity contribution in [2.24, 2.45) is 7.05 Å². The van der Waals surface area contributed by atoms with Crippen LogP contribution in [0.1, 0.15) is 23.2 Å². The highest BCUT2D eigenvalue weighted by atomic mass is 16.1. The van der Waals surface area contributed by atoms with Gasteiger partial charge in [0, 0.05) is 42.3 Å². The summed E-state index contributed by atoms with van der Waals surface area (Å²) in [6, 6.07) is 8.15. The summed E-state index contributed by atoms with van der Waals surface area (Å²) >= 11 is 0. The number of aryl methyl sites for hydroxylation is 1. The predicted molar refractivity (Wildman–Crippen MR) is 76.3 cm³/mol. The lowest BCUT2D eigenvalue weighted by atomic mass is 10.1. The van der Waals surface area contributed by atoms with Gasteiger partial charge in [-0.25, -0.2) is 0 Å². The molecule has 4 nitrogen and oxygen atoms in total. The van der Waals surface area contributed by atoms with E-state index in [0.717, 1.165) is 42.4 Å². The summed E-state index contributed by atoms with van der Waals surface area (Å²) in [6.07, 6.45) is 4.20. The van der Waals surface area contributed by atoms with Crippen LogP contribution < -0.4 is 10.6 Å². The summed E-state index contributed by atoms with van der Waals surface area (Å²) in [5.41, 5.74) is 1.89. The largest absolute Gasteiger partial charge is 0.351 e. The fraction of sp³-hybridized carbons (Fsp3) is 0.400. The Bertz CT molecular complexity index is 596. The molecule has 19 heavy (non-hydrogen) atoms. The van der Waals surface area contributed by atoms with E-state index in [4.69, 9.17) is 0 Å². The molecule has 100 valence electrons. The van der Waals surface area contributed by atoms with E-state index in [0.29, 0.717) is 0 Å². The number of aromatic nitrogens is 1. The first-order valence-electron chi connectivity index (χ1n) is 6.81. The molecule has 1 aliphatic heterocycles. The van der Waals surface area contributed by atoms with Crippen molar-refractivity contribution in [3.05, 3.63) is 36.0 Å². The third-order valence-electron chi connectivity index (χ3n) is 3.78. The van der Waals surface area contributed by atoms with Gasteiger partial charge in [-0.2, -0.15) is 0 Å². The average molecular weight is 257 g/mol. The van der Waals surface area contributed by atoms with Gasteiger partial charge in [0.05, 0.1) is 0 Å². The first kappa shape index (κ1) is 12.2. The third-order valence-corrected chi connectivity index (χ3v) is 3.78. The maximum Gasteiger partial charge on any atom is 0.251 e. The van der Waals surface area contributed by atoms with Crippen molar-refractivity contribution in [1.82, 2.24) is 15.2 Å². The number of hydrogen-bond acceptors (Lipinski definition) is 2. The van der Waals surface area contributed by atoms with Crippen molar-refractivity contribution in [3.63, 3.8) is 0 Å². The van der Waals surface area contributed by atoms with E-state index in [9.17, 15) is 4.79 Å². The number of amides is 1. The molecule has 0 saturated carbocycles. The Morgan fingerprint density at radius 2 is 2.32 bits per heavy atom. The van der Waals surface area contributed by atoms with Crippen LogP contribution in [0.15, 0.2) is 30.5 Å². The van der Waals surface area contributed by atoms with E-state index in [1.165, 1.54) is 0 Å². The van der Waals surface area contributed by atoms with Crippen LogP contribution in [0.3, 0.4) is 0 Å². The molecule has 3 rings (SSSR count). The van der Waals surface area contributed by atoms with E-state index in [-0.39, 0.29) is 11.9 Å². The van der Waals surface area contributed by atoms with Crippen LogP contribution in [-0.4, -0.2) is 29.6 Å². The number of carbonyl (C=O) groups is 1. The molecule has 1 aromatic carbocycles. The Morgan fingerprint density at radius 3 is 3.11 bits per heavy atom. The minimum atomic E-state index is 0.0273. The van der Waals surface area contributed by atoms with Gasteiger partial charge in [0.15, 0.2) is 0 Å². The normalized spacial score (nSPS) is 19.5. The highest BCUT2D eigenvalue weighted by Gasteiger charge is 2.16. The Hall–Kier alpha value is -1.81. The summed E-state index contributed by atoms with van der Waals surface area (Å²) in [5, 5.41) is 7.51. The van der Waals surface area contributed by atoms with Gasteiger partial charge in [-0.3, -0.25) is 4.79 Å². The number of piperidine rings is 1. The minimum absolute atomic E-state index is 0.0273. The van der Waals surface area contributed by atoms with E-state index in [2.05, 4.69) is 15.2 Å². The average Bonchev–Trinajstić information content (AvgIpc) is 2.81. The van der Waals surface area contributed by atoms with E-state index in [1.54, 1.807) is 0 Å². The molecule has 0 spiro atoms. The van der Waals surface area contributed by atoms with Crippen molar-refractivity contribution in [1.29, 1.82) is 0 Å². The monoisotopic (exact) mass is 257 g/mol. The molecule has 0 radical (unpaired) electrons. The predicted octanol–water partition coefficient (Wildman–Crippen LogP) is 1.66. The van der Waals surface area contributed by atoms with Gasteiger partial charge in [0.2, 0.25) is 0 Å². The van der Waals surface area contributed by atoms with Crippen LogP contribution in [-0.2, 0) is 7.05 Å². The fourth-order valence-electron chi connectivity index (χ4n) is 2.67. The van der Waals surface area contributed by atoms with Gasteiger partial charge in [0.1, 0.15) is 0 Å². The molecule has 1 amide bonds. The van der Waals surface area contributed by atoms with Crippen molar-refractivity contribution in [2.75, 3.05) is 13.1 Å².